The highest BCUT2D eigenvalue weighted by Crippen LogP contribution is 2.26. The van der Waals surface area contributed by atoms with Crippen LogP contribution in [0.3, 0.4) is 0 Å². The topological polar surface area (TPSA) is 76.3 Å². The van der Waals surface area contributed by atoms with Crippen molar-refractivity contribution in [2.24, 2.45) is 0 Å². The van der Waals surface area contributed by atoms with Crippen molar-refractivity contribution in [3.63, 3.8) is 0 Å². The number of carbonyl (C=O) groups is 2. The number of amides is 1. The summed E-state index contributed by atoms with van der Waals surface area (Å²) < 4.78 is 5.36. The Morgan fingerprint density at radius 3 is 2.43 bits per heavy atom. The van der Waals surface area contributed by atoms with E-state index >= 15 is 0 Å². The molecule has 1 aromatic carbocycles. The highest BCUT2D eigenvalue weighted by molar-refractivity contribution is 5.97. The van der Waals surface area contributed by atoms with Crippen molar-refractivity contribution in [1.82, 2.24) is 9.97 Å². The highest BCUT2D eigenvalue weighted by atomic mass is 16.4. The Hall–Kier alpha value is -3.28. The minimum atomic E-state index is -0.0901. The first-order valence-corrected chi connectivity index (χ1v) is 9.17. The number of aromatic nitrogens is 2. The van der Waals surface area contributed by atoms with E-state index < -0.39 is 0 Å². The summed E-state index contributed by atoms with van der Waals surface area (Å²) in [5.41, 5.74) is 4.11. The number of nitrogens with zero attached hydrogens (tertiary/aromatic N) is 3. The maximum absolute atomic E-state index is 12.4. The quantitative estimate of drug-likeness (QED) is 0.603. The van der Waals surface area contributed by atoms with Gasteiger partial charge in [0, 0.05) is 36.5 Å². The normalized spacial score (nSPS) is 10.7. The van der Waals surface area contributed by atoms with E-state index in [1.807, 2.05) is 38.1 Å². The summed E-state index contributed by atoms with van der Waals surface area (Å²) in [6.07, 6.45) is 3.75. The predicted molar refractivity (Wildman–Crippen MR) is 107 cm³/mol. The Morgan fingerprint density at radius 1 is 1.07 bits per heavy atom. The van der Waals surface area contributed by atoms with Crippen LogP contribution in [-0.2, 0) is 11.2 Å². The minimum absolute atomic E-state index is 0.0642. The molecule has 0 N–H and O–H groups in total. The van der Waals surface area contributed by atoms with Crippen LogP contribution in [0.5, 0.6) is 0 Å². The molecule has 0 bridgehead atoms. The molecule has 28 heavy (non-hydrogen) atoms. The molecule has 0 aliphatic rings. The zero-order valence-electron chi connectivity index (χ0n) is 16.5. The molecule has 0 fully saturated rings. The largest absolute Gasteiger partial charge is 0.446 e. The number of hydrogen-bond acceptors (Lipinski definition) is 5. The van der Waals surface area contributed by atoms with Gasteiger partial charge in [0.1, 0.15) is 5.76 Å². The van der Waals surface area contributed by atoms with Gasteiger partial charge in [-0.15, -0.1) is 0 Å². The Labute approximate surface area is 164 Å². The SMILES string of the molecule is CCC(=O)N(C)c1ccc(-c2ccc(C(=O)Cc3ncc(C)o3)cn2)c(C)c1. The zero-order valence-corrected chi connectivity index (χ0v) is 16.5. The Kier molecular flexibility index (Phi) is 5.68. The van der Waals surface area contributed by atoms with Crippen molar-refractivity contribution in [2.75, 3.05) is 11.9 Å². The van der Waals surface area contributed by atoms with Crippen LogP contribution in [0.1, 0.15) is 40.9 Å². The first-order chi connectivity index (χ1) is 13.4. The van der Waals surface area contributed by atoms with Gasteiger partial charge in [-0.3, -0.25) is 14.6 Å². The summed E-state index contributed by atoms with van der Waals surface area (Å²) in [5.74, 6) is 1.06. The summed E-state index contributed by atoms with van der Waals surface area (Å²) in [6.45, 7) is 5.62. The van der Waals surface area contributed by atoms with Gasteiger partial charge in [0.2, 0.25) is 11.8 Å². The number of pyridine rings is 1. The van der Waals surface area contributed by atoms with Crippen molar-refractivity contribution < 1.29 is 14.0 Å². The molecule has 0 aliphatic heterocycles. The van der Waals surface area contributed by atoms with Gasteiger partial charge in [0.15, 0.2) is 5.78 Å². The lowest BCUT2D eigenvalue weighted by molar-refractivity contribution is -0.118. The highest BCUT2D eigenvalue weighted by Gasteiger charge is 2.14. The lowest BCUT2D eigenvalue weighted by Crippen LogP contribution is -2.25. The molecule has 6 nitrogen and oxygen atoms in total. The first-order valence-electron chi connectivity index (χ1n) is 9.17. The number of oxazole rings is 1. The van der Waals surface area contributed by atoms with E-state index in [4.69, 9.17) is 4.42 Å². The fourth-order valence-electron chi connectivity index (χ4n) is 2.97. The molecule has 1 amide bonds. The van der Waals surface area contributed by atoms with Gasteiger partial charge in [-0.05, 0) is 43.7 Å². The summed E-state index contributed by atoms with van der Waals surface area (Å²) in [7, 11) is 1.77. The summed E-state index contributed by atoms with van der Waals surface area (Å²) in [5, 5.41) is 0. The molecule has 0 saturated carbocycles. The van der Waals surface area contributed by atoms with Gasteiger partial charge in [-0.1, -0.05) is 13.0 Å². The summed E-state index contributed by atoms with van der Waals surface area (Å²) in [6, 6.07) is 9.41. The number of aryl methyl sites for hydroxylation is 2. The maximum Gasteiger partial charge on any atom is 0.226 e. The number of rotatable bonds is 6. The van der Waals surface area contributed by atoms with E-state index in [9.17, 15) is 9.59 Å². The lowest BCUT2D eigenvalue weighted by atomic mass is 10.0. The molecule has 3 aromatic rings. The van der Waals surface area contributed by atoms with E-state index in [1.54, 1.807) is 37.3 Å². The van der Waals surface area contributed by atoms with Crippen LogP contribution >= 0.6 is 0 Å². The fourth-order valence-corrected chi connectivity index (χ4v) is 2.97. The molecule has 0 unspecified atom stereocenters. The average Bonchev–Trinajstić information content (AvgIpc) is 3.11. The van der Waals surface area contributed by atoms with Crippen LogP contribution < -0.4 is 4.90 Å². The molecule has 6 heteroatoms. The van der Waals surface area contributed by atoms with Crippen LogP contribution in [0.2, 0.25) is 0 Å². The van der Waals surface area contributed by atoms with E-state index in [0.29, 0.717) is 23.6 Å². The molecule has 2 heterocycles. The molecule has 0 atom stereocenters. The van der Waals surface area contributed by atoms with Crippen molar-refractivity contribution >= 4 is 17.4 Å². The van der Waals surface area contributed by atoms with Crippen LogP contribution in [0.15, 0.2) is 47.1 Å². The Balaban J connectivity index is 1.77. The van der Waals surface area contributed by atoms with Gasteiger partial charge in [0.05, 0.1) is 18.3 Å². The standard InChI is InChI=1S/C22H23N3O3/c1-5-22(27)25(4)17-7-8-18(14(2)10-17)19-9-6-16(13-23-19)20(26)11-21-24-12-15(3)28-21/h6-10,12-13H,5,11H2,1-4H3. The van der Waals surface area contributed by atoms with Gasteiger partial charge >= 0.3 is 0 Å². The lowest BCUT2D eigenvalue weighted by Gasteiger charge is -2.18. The monoisotopic (exact) mass is 377 g/mol. The van der Waals surface area contributed by atoms with E-state index in [1.165, 1.54) is 0 Å². The van der Waals surface area contributed by atoms with Crippen molar-refractivity contribution in [3.05, 3.63) is 65.5 Å². The number of anilines is 1. The predicted octanol–water partition coefficient (Wildman–Crippen LogP) is 4.15. The average molecular weight is 377 g/mol. The molecule has 0 radical (unpaired) electrons. The van der Waals surface area contributed by atoms with Crippen molar-refractivity contribution in [1.29, 1.82) is 0 Å². The van der Waals surface area contributed by atoms with Gasteiger partial charge in [0.25, 0.3) is 0 Å². The Bertz CT molecular complexity index is 1010. The van der Waals surface area contributed by atoms with E-state index in [2.05, 4.69) is 9.97 Å². The number of benzene rings is 1. The zero-order chi connectivity index (χ0) is 20.3. The molecule has 0 aliphatic carbocycles. The van der Waals surface area contributed by atoms with Gasteiger partial charge < -0.3 is 9.32 Å². The summed E-state index contributed by atoms with van der Waals surface area (Å²) in [4.78, 5) is 34.4. The minimum Gasteiger partial charge on any atom is -0.446 e. The molecule has 2 aromatic heterocycles. The Morgan fingerprint density at radius 2 is 1.86 bits per heavy atom. The van der Waals surface area contributed by atoms with Crippen LogP contribution in [0, 0.1) is 13.8 Å². The van der Waals surface area contributed by atoms with Gasteiger partial charge in [-0.25, -0.2) is 4.98 Å². The summed E-state index contributed by atoms with van der Waals surface area (Å²) >= 11 is 0. The van der Waals surface area contributed by atoms with E-state index in [0.717, 1.165) is 22.5 Å². The molecule has 0 saturated heterocycles. The number of hydrogen-bond donors (Lipinski definition) is 0. The number of ketones is 1. The van der Waals surface area contributed by atoms with E-state index in [-0.39, 0.29) is 18.1 Å². The third kappa shape index (κ3) is 4.17. The second-order valence-electron chi connectivity index (χ2n) is 6.70. The third-order valence-electron chi connectivity index (χ3n) is 4.62. The third-order valence-corrected chi connectivity index (χ3v) is 4.62. The second kappa shape index (κ2) is 8.17. The molecule has 3 rings (SSSR count). The smallest absolute Gasteiger partial charge is 0.226 e. The second-order valence-corrected chi connectivity index (χ2v) is 6.70. The first kappa shape index (κ1) is 19.5. The van der Waals surface area contributed by atoms with Crippen LogP contribution in [0.25, 0.3) is 11.3 Å². The maximum atomic E-state index is 12.4. The molecular weight excluding hydrogens is 354 g/mol. The molecular formula is C22H23N3O3. The number of Topliss-reactive ketones (excluding diaryl/α,β-unsaturated/α-hetero) is 1. The van der Waals surface area contributed by atoms with Crippen molar-refractivity contribution in [2.45, 2.75) is 33.6 Å². The molecule has 0 spiro atoms. The molecule has 144 valence electrons. The van der Waals surface area contributed by atoms with Crippen LogP contribution in [0.4, 0.5) is 5.69 Å². The number of carbonyl (C=O) groups excluding carboxylic acids is 2. The van der Waals surface area contributed by atoms with Crippen LogP contribution in [-0.4, -0.2) is 28.7 Å². The fraction of sp³-hybridized carbons (Fsp3) is 0.273. The van der Waals surface area contributed by atoms with Gasteiger partial charge in [-0.2, -0.15) is 0 Å². The van der Waals surface area contributed by atoms with Crippen molar-refractivity contribution in [3.8, 4) is 11.3 Å².